The van der Waals surface area contributed by atoms with Crippen molar-refractivity contribution in [2.45, 2.75) is 38.6 Å². The third-order valence-electron chi connectivity index (χ3n) is 4.21. The highest BCUT2D eigenvalue weighted by atomic mass is 16.4. The van der Waals surface area contributed by atoms with E-state index in [4.69, 9.17) is 5.11 Å². The number of aryl methyl sites for hydroxylation is 1. The van der Waals surface area contributed by atoms with E-state index in [0.717, 1.165) is 37.5 Å². The van der Waals surface area contributed by atoms with Gasteiger partial charge in [0.15, 0.2) is 0 Å². The summed E-state index contributed by atoms with van der Waals surface area (Å²) >= 11 is 0. The zero-order valence-corrected chi connectivity index (χ0v) is 13.4. The number of fused-ring (bicyclic) bond motifs is 1. The molecule has 7 nitrogen and oxygen atoms in total. The van der Waals surface area contributed by atoms with Crippen molar-refractivity contribution in [3.05, 3.63) is 47.0 Å². The second kappa shape index (κ2) is 7.25. The molecule has 0 unspecified atom stereocenters. The summed E-state index contributed by atoms with van der Waals surface area (Å²) in [7, 11) is 0. The smallest absolute Gasteiger partial charge is 0.335 e. The molecule has 1 aromatic heterocycles. The number of aromatic nitrogens is 3. The number of carboxylic acid groups (broad SMARTS) is 1. The molecule has 1 aliphatic rings. The van der Waals surface area contributed by atoms with Crippen molar-refractivity contribution in [1.29, 1.82) is 0 Å². The largest absolute Gasteiger partial charge is 0.478 e. The van der Waals surface area contributed by atoms with E-state index < -0.39 is 5.97 Å². The maximum Gasteiger partial charge on any atom is 0.335 e. The molecule has 0 radical (unpaired) electrons. The van der Waals surface area contributed by atoms with Gasteiger partial charge < -0.3 is 15.0 Å². The summed E-state index contributed by atoms with van der Waals surface area (Å²) in [4.78, 5) is 22.9. The van der Waals surface area contributed by atoms with Gasteiger partial charge in [-0.2, -0.15) is 0 Å². The molecule has 1 aromatic carbocycles. The van der Waals surface area contributed by atoms with Gasteiger partial charge in [0.1, 0.15) is 11.6 Å². The van der Waals surface area contributed by atoms with Crippen LogP contribution in [0.5, 0.6) is 0 Å². The van der Waals surface area contributed by atoms with E-state index in [1.807, 2.05) is 0 Å². The van der Waals surface area contributed by atoms with Crippen LogP contribution < -0.4 is 5.32 Å². The molecule has 126 valence electrons. The second-order valence-electron chi connectivity index (χ2n) is 5.88. The molecule has 2 heterocycles. The Morgan fingerprint density at radius 1 is 1.08 bits per heavy atom. The van der Waals surface area contributed by atoms with E-state index in [1.54, 1.807) is 0 Å². The zero-order chi connectivity index (χ0) is 16.9. The highest BCUT2D eigenvalue weighted by molar-refractivity contribution is 5.95. The fourth-order valence-electron chi connectivity index (χ4n) is 2.88. The summed E-state index contributed by atoms with van der Waals surface area (Å²) in [6.07, 6.45) is 5.11. The Bertz CT molecular complexity index is 737. The van der Waals surface area contributed by atoms with Gasteiger partial charge in [0.25, 0.3) is 5.91 Å². The number of nitrogens with zero attached hydrogens (tertiary/aromatic N) is 3. The minimum Gasteiger partial charge on any atom is -0.478 e. The summed E-state index contributed by atoms with van der Waals surface area (Å²) in [5.74, 6) is 0.725. The van der Waals surface area contributed by atoms with Crippen molar-refractivity contribution >= 4 is 11.9 Å². The third kappa shape index (κ3) is 3.61. The van der Waals surface area contributed by atoms with Crippen LogP contribution in [0.15, 0.2) is 24.3 Å². The minimum absolute atomic E-state index is 0.165. The van der Waals surface area contributed by atoms with Crippen LogP contribution >= 0.6 is 0 Å². The fourth-order valence-corrected chi connectivity index (χ4v) is 2.88. The van der Waals surface area contributed by atoms with Crippen LogP contribution in [0.4, 0.5) is 0 Å². The molecule has 7 heteroatoms. The Hall–Kier alpha value is -2.70. The monoisotopic (exact) mass is 328 g/mol. The number of carboxylic acids is 1. The molecular weight excluding hydrogens is 308 g/mol. The number of hydrogen-bond acceptors (Lipinski definition) is 4. The number of carbonyl (C=O) groups excluding carboxylic acids is 1. The van der Waals surface area contributed by atoms with E-state index in [1.165, 1.54) is 30.7 Å². The van der Waals surface area contributed by atoms with E-state index in [-0.39, 0.29) is 11.5 Å². The first-order chi connectivity index (χ1) is 11.6. The lowest BCUT2D eigenvalue weighted by Gasteiger charge is -2.08. The Morgan fingerprint density at radius 2 is 1.83 bits per heavy atom. The molecule has 1 amide bonds. The minimum atomic E-state index is -1.01. The lowest BCUT2D eigenvalue weighted by molar-refractivity contribution is 0.0696. The molecule has 0 atom stereocenters. The maximum atomic E-state index is 12.1. The van der Waals surface area contributed by atoms with Crippen molar-refractivity contribution in [3.8, 4) is 0 Å². The predicted octanol–water partition coefficient (Wildman–Crippen LogP) is 1.68. The highest BCUT2D eigenvalue weighted by Gasteiger charge is 2.14. The lowest BCUT2D eigenvalue weighted by Crippen LogP contribution is -2.26. The van der Waals surface area contributed by atoms with Gasteiger partial charge in [-0.1, -0.05) is 6.42 Å². The van der Waals surface area contributed by atoms with Crippen molar-refractivity contribution in [1.82, 2.24) is 20.1 Å². The molecule has 2 aromatic rings. The molecule has 0 fully saturated rings. The second-order valence-corrected chi connectivity index (χ2v) is 5.88. The van der Waals surface area contributed by atoms with Crippen molar-refractivity contribution in [2.75, 3.05) is 6.54 Å². The summed E-state index contributed by atoms with van der Waals surface area (Å²) in [5.41, 5.74) is 0.609. The van der Waals surface area contributed by atoms with E-state index in [0.29, 0.717) is 18.5 Å². The first-order valence-corrected chi connectivity index (χ1v) is 8.17. The number of rotatable bonds is 5. The van der Waals surface area contributed by atoms with Crippen LogP contribution in [0.25, 0.3) is 0 Å². The van der Waals surface area contributed by atoms with Gasteiger partial charge in [-0.05, 0) is 37.1 Å². The average Bonchev–Trinajstić information content (AvgIpc) is 2.81. The molecule has 2 N–H and O–H groups in total. The fraction of sp³-hybridized carbons (Fsp3) is 0.412. The number of carbonyl (C=O) groups is 2. The third-order valence-corrected chi connectivity index (χ3v) is 4.21. The summed E-state index contributed by atoms with van der Waals surface area (Å²) in [5, 5.41) is 20.2. The van der Waals surface area contributed by atoms with Crippen molar-refractivity contribution < 1.29 is 14.7 Å². The first kappa shape index (κ1) is 16.2. The van der Waals surface area contributed by atoms with E-state index in [9.17, 15) is 9.59 Å². The van der Waals surface area contributed by atoms with Gasteiger partial charge >= 0.3 is 5.97 Å². The lowest BCUT2D eigenvalue weighted by atomic mass is 10.1. The summed E-state index contributed by atoms with van der Waals surface area (Å²) in [6.45, 7) is 1.42. The molecule has 0 spiro atoms. The molecule has 3 rings (SSSR count). The highest BCUT2D eigenvalue weighted by Crippen LogP contribution is 2.14. The van der Waals surface area contributed by atoms with Gasteiger partial charge in [0.05, 0.1) is 5.56 Å². The first-order valence-electron chi connectivity index (χ1n) is 8.17. The Kier molecular flexibility index (Phi) is 4.88. The van der Waals surface area contributed by atoms with Gasteiger partial charge in [-0.15, -0.1) is 10.2 Å². The SMILES string of the molecule is O=C(O)c1ccc(C(=O)NCCc2nnc3n2CCCCC3)cc1. The van der Waals surface area contributed by atoms with Gasteiger partial charge in [-0.3, -0.25) is 4.79 Å². The number of aromatic carboxylic acids is 1. The predicted molar refractivity (Wildman–Crippen MR) is 87.0 cm³/mol. The van der Waals surface area contributed by atoms with Crippen molar-refractivity contribution in [2.24, 2.45) is 0 Å². The topological polar surface area (TPSA) is 97.1 Å². The molecule has 0 aliphatic carbocycles. The molecule has 0 bridgehead atoms. The Labute approximate surface area is 139 Å². The van der Waals surface area contributed by atoms with E-state index in [2.05, 4.69) is 20.1 Å². The number of hydrogen-bond donors (Lipinski definition) is 2. The Balaban J connectivity index is 1.55. The molecular formula is C17H20N4O3. The van der Waals surface area contributed by atoms with Crippen LogP contribution in [0.2, 0.25) is 0 Å². The van der Waals surface area contributed by atoms with Crippen LogP contribution in [0.1, 0.15) is 51.6 Å². The summed E-state index contributed by atoms with van der Waals surface area (Å²) < 4.78 is 2.17. The van der Waals surface area contributed by atoms with E-state index >= 15 is 0 Å². The van der Waals surface area contributed by atoms with Crippen molar-refractivity contribution in [3.63, 3.8) is 0 Å². The van der Waals surface area contributed by atoms with Crippen LogP contribution in [-0.4, -0.2) is 38.3 Å². The molecule has 1 aliphatic heterocycles. The number of benzene rings is 1. The average molecular weight is 328 g/mol. The normalized spacial score (nSPS) is 13.8. The van der Waals surface area contributed by atoms with Crippen LogP contribution in [-0.2, 0) is 19.4 Å². The number of nitrogens with one attached hydrogen (secondary N) is 1. The summed E-state index contributed by atoms with van der Waals surface area (Å²) in [6, 6.07) is 5.88. The molecule has 0 saturated heterocycles. The quantitative estimate of drug-likeness (QED) is 0.870. The zero-order valence-electron chi connectivity index (χ0n) is 13.4. The van der Waals surface area contributed by atoms with Gasteiger partial charge in [0, 0.05) is 31.5 Å². The standard InChI is InChI=1S/C17H20N4O3/c22-16(12-5-7-13(8-6-12)17(23)24)18-10-9-15-20-19-14-4-2-1-3-11-21(14)15/h5-8H,1-4,9-11H2,(H,18,22)(H,23,24). The van der Waals surface area contributed by atoms with Crippen LogP contribution in [0.3, 0.4) is 0 Å². The molecule has 24 heavy (non-hydrogen) atoms. The maximum absolute atomic E-state index is 12.1. The Morgan fingerprint density at radius 3 is 2.58 bits per heavy atom. The van der Waals surface area contributed by atoms with Gasteiger partial charge in [0.2, 0.25) is 0 Å². The number of amides is 1. The van der Waals surface area contributed by atoms with Gasteiger partial charge in [-0.25, -0.2) is 4.79 Å². The van der Waals surface area contributed by atoms with Crippen LogP contribution in [0, 0.1) is 0 Å². The molecule has 0 saturated carbocycles.